The van der Waals surface area contributed by atoms with Crippen LogP contribution >= 0.6 is 0 Å². The van der Waals surface area contributed by atoms with Crippen LogP contribution in [0.3, 0.4) is 0 Å². The molecular weight excluding hydrogens is 156 g/mol. The zero-order valence-electron chi connectivity index (χ0n) is 8.76. The van der Waals surface area contributed by atoms with Gasteiger partial charge in [-0.1, -0.05) is 13.3 Å². The van der Waals surface area contributed by atoms with Gasteiger partial charge in [0.05, 0.1) is 0 Å². The van der Waals surface area contributed by atoms with Crippen molar-refractivity contribution in [3.8, 4) is 0 Å². The average Bonchev–Trinajstić information content (AvgIpc) is 2.10. The largest absolute Gasteiger partial charge is 0.0654 e. The van der Waals surface area contributed by atoms with Gasteiger partial charge in [0.25, 0.3) is 0 Å². The van der Waals surface area contributed by atoms with Crippen molar-refractivity contribution in [3.63, 3.8) is 0 Å². The Balaban J connectivity index is 1.77. The molecule has 73 valence electrons. The maximum atomic E-state index is 2.35. The Morgan fingerprint density at radius 3 is 1.92 bits per heavy atom. The molecule has 4 rings (SSSR count). The van der Waals surface area contributed by atoms with Gasteiger partial charge in [0, 0.05) is 0 Å². The molecule has 4 saturated carbocycles. The van der Waals surface area contributed by atoms with E-state index in [4.69, 9.17) is 0 Å². The summed E-state index contributed by atoms with van der Waals surface area (Å²) in [7, 11) is 0. The van der Waals surface area contributed by atoms with Crippen LogP contribution in [0, 0.1) is 29.6 Å². The lowest BCUT2D eigenvalue weighted by Crippen LogP contribution is -2.43. The summed E-state index contributed by atoms with van der Waals surface area (Å²) in [6.45, 7) is 2.35. The fourth-order valence-corrected chi connectivity index (χ4v) is 4.49. The van der Waals surface area contributed by atoms with Crippen LogP contribution in [0.4, 0.5) is 0 Å². The Bertz CT molecular complexity index is 166. The smallest absolute Gasteiger partial charge is 0.0179 e. The zero-order chi connectivity index (χ0) is 8.84. The Kier molecular flexibility index (Phi) is 1.92. The van der Waals surface area contributed by atoms with Gasteiger partial charge in [0.2, 0.25) is 0 Å². The van der Waals surface area contributed by atoms with Crippen LogP contribution in [0.5, 0.6) is 0 Å². The SMILES string of the molecule is CCC[C]1C2CC3CC(C2)CC1C3. The summed E-state index contributed by atoms with van der Waals surface area (Å²) < 4.78 is 0. The molecule has 0 unspecified atom stereocenters. The highest BCUT2D eigenvalue weighted by Crippen LogP contribution is 2.58. The summed E-state index contributed by atoms with van der Waals surface area (Å²) in [6.07, 6.45) is 10.7. The molecule has 0 spiro atoms. The second-order valence-electron chi connectivity index (χ2n) is 5.63. The first-order valence-electron chi connectivity index (χ1n) is 6.22. The molecule has 0 N–H and O–H groups in total. The average molecular weight is 177 g/mol. The lowest BCUT2D eigenvalue weighted by atomic mass is 9.51. The van der Waals surface area contributed by atoms with E-state index in [9.17, 15) is 0 Å². The molecule has 4 aliphatic carbocycles. The van der Waals surface area contributed by atoms with Gasteiger partial charge >= 0.3 is 0 Å². The molecule has 1 radical (unpaired) electrons. The van der Waals surface area contributed by atoms with Gasteiger partial charge < -0.3 is 0 Å². The number of rotatable bonds is 2. The standard InChI is InChI=1S/C13H21/c1-2-3-13-11-5-9-4-10(7-11)8-12(13)6-9/h9-12H,2-8H2,1H3. The normalized spacial score (nSPS) is 48.7. The van der Waals surface area contributed by atoms with E-state index in [2.05, 4.69) is 6.92 Å². The lowest BCUT2D eigenvalue weighted by molar-refractivity contribution is 0.0372. The predicted octanol–water partition coefficient (Wildman–Crippen LogP) is 3.82. The molecule has 13 heavy (non-hydrogen) atoms. The first-order chi connectivity index (χ1) is 6.36. The Labute approximate surface area is 82.1 Å². The molecule has 0 aromatic carbocycles. The van der Waals surface area contributed by atoms with Gasteiger partial charge in [-0.3, -0.25) is 0 Å². The van der Waals surface area contributed by atoms with Crippen molar-refractivity contribution in [2.75, 3.05) is 0 Å². The van der Waals surface area contributed by atoms with Crippen molar-refractivity contribution in [1.29, 1.82) is 0 Å². The van der Waals surface area contributed by atoms with Crippen LogP contribution in [-0.4, -0.2) is 0 Å². The van der Waals surface area contributed by atoms with Crippen LogP contribution in [0.15, 0.2) is 0 Å². The lowest BCUT2D eigenvalue weighted by Gasteiger charge is -2.54. The third kappa shape index (κ3) is 1.25. The molecule has 0 heteroatoms. The highest BCUT2D eigenvalue weighted by Gasteiger charge is 2.47. The minimum absolute atomic E-state index is 1.08. The van der Waals surface area contributed by atoms with Gasteiger partial charge in [-0.2, -0.15) is 0 Å². The summed E-state index contributed by atoms with van der Waals surface area (Å²) in [5.74, 6) is 6.44. The molecule has 0 aliphatic heterocycles. The molecule has 0 amide bonds. The van der Waals surface area contributed by atoms with Crippen LogP contribution < -0.4 is 0 Å². The van der Waals surface area contributed by atoms with Crippen molar-refractivity contribution < 1.29 is 0 Å². The van der Waals surface area contributed by atoms with Crippen LogP contribution in [0.25, 0.3) is 0 Å². The van der Waals surface area contributed by atoms with Crippen molar-refractivity contribution in [2.24, 2.45) is 23.7 Å². The van der Waals surface area contributed by atoms with Crippen molar-refractivity contribution in [2.45, 2.75) is 51.9 Å². The first-order valence-corrected chi connectivity index (χ1v) is 6.22. The van der Waals surface area contributed by atoms with E-state index >= 15 is 0 Å². The van der Waals surface area contributed by atoms with E-state index in [0.29, 0.717) is 0 Å². The van der Waals surface area contributed by atoms with Gasteiger partial charge in [-0.05, 0) is 68.1 Å². The monoisotopic (exact) mass is 177 g/mol. The quantitative estimate of drug-likeness (QED) is 0.601. The minimum Gasteiger partial charge on any atom is -0.0654 e. The summed E-state index contributed by atoms with van der Waals surface area (Å²) in [5.41, 5.74) is 0. The number of hydrogen-bond acceptors (Lipinski definition) is 0. The van der Waals surface area contributed by atoms with Crippen molar-refractivity contribution >= 4 is 0 Å². The van der Waals surface area contributed by atoms with E-state index in [1.165, 1.54) is 12.8 Å². The van der Waals surface area contributed by atoms with Crippen molar-refractivity contribution in [1.82, 2.24) is 0 Å². The summed E-state index contributed by atoms with van der Waals surface area (Å²) in [5, 5.41) is 0. The van der Waals surface area contributed by atoms with Crippen LogP contribution in [0.2, 0.25) is 0 Å². The highest BCUT2D eigenvalue weighted by molar-refractivity contribution is 5.13. The minimum atomic E-state index is 1.08. The van der Waals surface area contributed by atoms with E-state index in [-0.39, 0.29) is 0 Å². The Morgan fingerprint density at radius 1 is 0.923 bits per heavy atom. The van der Waals surface area contributed by atoms with Gasteiger partial charge in [0.1, 0.15) is 0 Å². The zero-order valence-corrected chi connectivity index (χ0v) is 8.76. The Hall–Kier alpha value is 0. The van der Waals surface area contributed by atoms with E-state index < -0.39 is 0 Å². The molecule has 4 bridgehead atoms. The fraction of sp³-hybridized carbons (Fsp3) is 0.923. The van der Waals surface area contributed by atoms with E-state index in [0.717, 1.165) is 23.7 Å². The van der Waals surface area contributed by atoms with E-state index in [1.807, 2.05) is 5.92 Å². The molecular formula is C13H21. The summed E-state index contributed by atoms with van der Waals surface area (Å²) in [6, 6.07) is 0. The van der Waals surface area contributed by atoms with Crippen LogP contribution in [0.1, 0.15) is 51.9 Å². The van der Waals surface area contributed by atoms with Crippen molar-refractivity contribution in [3.05, 3.63) is 5.92 Å². The molecule has 0 heterocycles. The summed E-state index contributed by atoms with van der Waals surface area (Å²) in [4.78, 5) is 0. The highest BCUT2D eigenvalue weighted by atomic mass is 14.5. The van der Waals surface area contributed by atoms with Gasteiger partial charge in [0.15, 0.2) is 0 Å². The van der Waals surface area contributed by atoms with E-state index in [1.54, 1.807) is 32.1 Å². The third-order valence-electron chi connectivity index (χ3n) is 4.73. The third-order valence-corrected chi connectivity index (χ3v) is 4.73. The number of hydrogen-bond donors (Lipinski definition) is 0. The molecule has 0 aromatic rings. The second kappa shape index (κ2) is 3.00. The molecule has 0 nitrogen and oxygen atoms in total. The molecule has 0 aromatic heterocycles. The first kappa shape index (κ1) is 8.32. The van der Waals surface area contributed by atoms with Crippen LogP contribution in [-0.2, 0) is 0 Å². The predicted molar refractivity (Wildman–Crippen MR) is 55.2 cm³/mol. The topological polar surface area (TPSA) is 0 Å². The summed E-state index contributed by atoms with van der Waals surface area (Å²) >= 11 is 0. The molecule has 0 atom stereocenters. The molecule has 4 fully saturated rings. The fourth-order valence-electron chi connectivity index (χ4n) is 4.49. The van der Waals surface area contributed by atoms with Gasteiger partial charge in [-0.15, -0.1) is 0 Å². The molecule has 4 aliphatic rings. The Morgan fingerprint density at radius 2 is 1.46 bits per heavy atom. The second-order valence-corrected chi connectivity index (χ2v) is 5.63. The maximum absolute atomic E-state index is 2.35. The maximum Gasteiger partial charge on any atom is -0.0179 e. The molecule has 0 saturated heterocycles. The van der Waals surface area contributed by atoms with Gasteiger partial charge in [-0.25, -0.2) is 0 Å².